The molecule has 0 spiro atoms. The number of nitrogens with one attached hydrogen (secondary N) is 2. The van der Waals surface area contributed by atoms with Crippen molar-refractivity contribution in [1.82, 2.24) is 15.5 Å². The van der Waals surface area contributed by atoms with Gasteiger partial charge in [-0.15, -0.1) is 24.0 Å². The standard InChI is InChI=1S/C19H27ClN4O2.HI/c1-21-19(23-14-5-7-24(12-14)15-2-3-15)22-6-4-13-10-16(20)18-17(11-13)25-8-9-26-18;/h10-11,14-15H,2-9,12H2,1H3,(H2,21,22,23);1H. The molecule has 1 aromatic carbocycles. The molecule has 0 bridgehead atoms. The van der Waals surface area contributed by atoms with Crippen molar-refractivity contribution in [3.8, 4) is 11.5 Å². The molecule has 8 heteroatoms. The molecule has 2 N–H and O–H groups in total. The Balaban J connectivity index is 0.00000210. The lowest BCUT2D eigenvalue weighted by molar-refractivity contribution is 0.171. The van der Waals surface area contributed by atoms with Gasteiger partial charge in [-0.1, -0.05) is 11.6 Å². The summed E-state index contributed by atoms with van der Waals surface area (Å²) in [6.07, 6.45) is 4.78. The molecule has 6 nitrogen and oxygen atoms in total. The zero-order valence-electron chi connectivity index (χ0n) is 15.7. The minimum absolute atomic E-state index is 0. The Hall–Kier alpha value is -0.930. The van der Waals surface area contributed by atoms with E-state index < -0.39 is 0 Å². The Morgan fingerprint density at radius 3 is 2.85 bits per heavy atom. The minimum Gasteiger partial charge on any atom is -0.486 e. The highest BCUT2D eigenvalue weighted by atomic mass is 127. The summed E-state index contributed by atoms with van der Waals surface area (Å²) in [7, 11) is 1.82. The van der Waals surface area contributed by atoms with Crippen LogP contribution in [0.4, 0.5) is 0 Å². The van der Waals surface area contributed by atoms with Crippen LogP contribution in [0.25, 0.3) is 0 Å². The number of aliphatic imine (C=N–C) groups is 1. The van der Waals surface area contributed by atoms with Crippen LogP contribution in [0, 0.1) is 0 Å². The van der Waals surface area contributed by atoms with Crippen molar-refractivity contribution in [2.75, 3.05) is 39.9 Å². The van der Waals surface area contributed by atoms with Crippen LogP contribution in [0.1, 0.15) is 24.8 Å². The molecule has 0 radical (unpaired) electrons. The van der Waals surface area contributed by atoms with Gasteiger partial charge >= 0.3 is 0 Å². The molecule has 27 heavy (non-hydrogen) atoms. The third kappa shape index (κ3) is 5.32. The summed E-state index contributed by atoms with van der Waals surface area (Å²) in [6.45, 7) is 4.24. The first-order valence-electron chi connectivity index (χ1n) is 9.52. The normalized spacial score (nSPS) is 22.3. The van der Waals surface area contributed by atoms with E-state index >= 15 is 0 Å². The summed E-state index contributed by atoms with van der Waals surface area (Å²) in [6, 6.07) is 5.31. The summed E-state index contributed by atoms with van der Waals surface area (Å²) in [4.78, 5) is 6.96. The first-order valence-corrected chi connectivity index (χ1v) is 9.90. The molecule has 1 unspecified atom stereocenters. The van der Waals surface area contributed by atoms with E-state index in [1.165, 1.54) is 25.8 Å². The predicted molar refractivity (Wildman–Crippen MR) is 119 cm³/mol. The van der Waals surface area contributed by atoms with E-state index in [-0.39, 0.29) is 24.0 Å². The lowest BCUT2D eigenvalue weighted by Crippen LogP contribution is -2.45. The number of halogens is 2. The van der Waals surface area contributed by atoms with Crippen molar-refractivity contribution in [3.63, 3.8) is 0 Å². The Labute approximate surface area is 183 Å². The molecule has 1 saturated carbocycles. The first kappa shape index (κ1) is 20.8. The van der Waals surface area contributed by atoms with E-state index in [4.69, 9.17) is 21.1 Å². The van der Waals surface area contributed by atoms with Crippen LogP contribution in [0.3, 0.4) is 0 Å². The quantitative estimate of drug-likeness (QED) is 0.365. The topological polar surface area (TPSA) is 58.1 Å². The van der Waals surface area contributed by atoms with Gasteiger partial charge < -0.3 is 20.1 Å². The van der Waals surface area contributed by atoms with Crippen molar-refractivity contribution in [3.05, 3.63) is 22.7 Å². The second-order valence-corrected chi connectivity index (χ2v) is 7.61. The smallest absolute Gasteiger partial charge is 0.191 e. The van der Waals surface area contributed by atoms with Crippen LogP contribution in [0.2, 0.25) is 5.02 Å². The fourth-order valence-corrected chi connectivity index (χ4v) is 3.99. The molecule has 4 rings (SSSR count). The zero-order valence-corrected chi connectivity index (χ0v) is 18.8. The summed E-state index contributed by atoms with van der Waals surface area (Å²) >= 11 is 6.31. The molecular formula is C19H28ClIN4O2. The van der Waals surface area contributed by atoms with Crippen molar-refractivity contribution in [1.29, 1.82) is 0 Å². The Kier molecular flexibility index (Phi) is 7.33. The van der Waals surface area contributed by atoms with Gasteiger partial charge in [0.1, 0.15) is 13.2 Å². The number of ether oxygens (including phenoxy) is 2. The Bertz CT molecular complexity index is 684. The van der Waals surface area contributed by atoms with Crippen LogP contribution in [0.15, 0.2) is 17.1 Å². The van der Waals surface area contributed by atoms with Crippen molar-refractivity contribution < 1.29 is 9.47 Å². The number of rotatable bonds is 5. The van der Waals surface area contributed by atoms with Crippen LogP contribution < -0.4 is 20.1 Å². The summed E-state index contributed by atoms with van der Waals surface area (Å²) in [5, 5.41) is 7.58. The van der Waals surface area contributed by atoms with Crippen LogP contribution >= 0.6 is 35.6 Å². The number of hydrogen-bond acceptors (Lipinski definition) is 4. The molecular weight excluding hydrogens is 479 g/mol. The average Bonchev–Trinajstić information content (AvgIpc) is 3.40. The third-order valence-electron chi connectivity index (χ3n) is 5.21. The molecule has 2 heterocycles. The molecule has 1 saturated heterocycles. The van der Waals surface area contributed by atoms with Gasteiger partial charge in [-0.05, 0) is 43.4 Å². The Morgan fingerprint density at radius 2 is 2.07 bits per heavy atom. The molecule has 2 aliphatic heterocycles. The van der Waals surface area contributed by atoms with E-state index in [9.17, 15) is 0 Å². The summed E-state index contributed by atoms with van der Waals surface area (Å²) in [5.41, 5.74) is 1.13. The number of fused-ring (bicyclic) bond motifs is 1. The molecule has 1 aromatic rings. The molecule has 0 aromatic heterocycles. The second-order valence-electron chi connectivity index (χ2n) is 7.21. The molecule has 2 fully saturated rings. The van der Waals surface area contributed by atoms with Crippen molar-refractivity contribution >= 4 is 41.5 Å². The third-order valence-corrected chi connectivity index (χ3v) is 5.49. The lowest BCUT2D eigenvalue weighted by Gasteiger charge is -2.21. The van der Waals surface area contributed by atoms with Gasteiger partial charge in [0.15, 0.2) is 17.5 Å². The number of nitrogens with zero attached hydrogens (tertiary/aromatic N) is 2. The Morgan fingerprint density at radius 1 is 1.26 bits per heavy atom. The van der Waals surface area contributed by atoms with E-state index in [2.05, 4.69) is 20.5 Å². The largest absolute Gasteiger partial charge is 0.486 e. The first-order chi connectivity index (χ1) is 12.7. The van der Waals surface area contributed by atoms with Crippen LogP contribution in [0.5, 0.6) is 11.5 Å². The molecule has 1 atom stereocenters. The van der Waals surface area contributed by atoms with E-state index in [1.807, 2.05) is 19.2 Å². The molecule has 150 valence electrons. The minimum atomic E-state index is 0. The lowest BCUT2D eigenvalue weighted by atomic mass is 10.1. The summed E-state index contributed by atoms with van der Waals surface area (Å²) < 4.78 is 11.2. The van der Waals surface area contributed by atoms with Gasteiger partial charge in [0.25, 0.3) is 0 Å². The van der Waals surface area contributed by atoms with Gasteiger partial charge in [0.05, 0.1) is 5.02 Å². The van der Waals surface area contributed by atoms with Gasteiger partial charge in [-0.2, -0.15) is 0 Å². The van der Waals surface area contributed by atoms with Gasteiger partial charge in [0.2, 0.25) is 0 Å². The number of likely N-dealkylation sites (tertiary alicyclic amines) is 1. The maximum Gasteiger partial charge on any atom is 0.191 e. The van der Waals surface area contributed by atoms with Crippen molar-refractivity contribution in [2.45, 2.75) is 37.8 Å². The number of guanidine groups is 1. The van der Waals surface area contributed by atoms with Crippen LogP contribution in [-0.2, 0) is 6.42 Å². The maximum atomic E-state index is 6.31. The van der Waals surface area contributed by atoms with Gasteiger partial charge in [-0.3, -0.25) is 9.89 Å². The predicted octanol–water partition coefficient (Wildman–Crippen LogP) is 2.67. The number of benzene rings is 1. The second kappa shape index (κ2) is 9.52. The van der Waals surface area contributed by atoms with E-state index in [1.54, 1.807) is 0 Å². The monoisotopic (exact) mass is 506 g/mol. The highest BCUT2D eigenvalue weighted by Gasteiger charge is 2.34. The van der Waals surface area contributed by atoms with Crippen LogP contribution in [-0.4, -0.2) is 62.8 Å². The number of hydrogen-bond donors (Lipinski definition) is 2. The molecule has 0 amide bonds. The SMILES string of the molecule is CN=C(NCCc1cc(Cl)c2c(c1)OCCO2)NC1CCN(C2CC2)C1.I. The summed E-state index contributed by atoms with van der Waals surface area (Å²) in [5.74, 6) is 2.28. The van der Waals surface area contributed by atoms with E-state index in [0.717, 1.165) is 42.8 Å². The van der Waals surface area contributed by atoms with Crippen molar-refractivity contribution in [2.24, 2.45) is 4.99 Å². The zero-order chi connectivity index (χ0) is 17.9. The fourth-order valence-electron chi connectivity index (χ4n) is 3.70. The van der Waals surface area contributed by atoms with E-state index in [0.29, 0.717) is 30.0 Å². The maximum absolute atomic E-state index is 6.31. The highest BCUT2D eigenvalue weighted by Crippen LogP contribution is 2.38. The van der Waals surface area contributed by atoms with Gasteiger partial charge in [0, 0.05) is 38.8 Å². The average molecular weight is 507 g/mol. The molecule has 3 aliphatic rings. The highest BCUT2D eigenvalue weighted by molar-refractivity contribution is 14.0. The fraction of sp³-hybridized carbons (Fsp3) is 0.632. The molecule has 1 aliphatic carbocycles. The van der Waals surface area contributed by atoms with Gasteiger partial charge in [-0.25, -0.2) is 0 Å².